The second kappa shape index (κ2) is 10.5. The predicted octanol–water partition coefficient (Wildman–Crippen LogP) is 6.63. The van der Waals surface area contributed by atoms with Crippen LogP contribution < -0.4 is 0 Å². The Labute approximate surface area is 129 Å². The van der Waals surface area contributed by atoms with Crippen molar-refractivity contribution in [2.45, 2.75) is 101 Å². The summed E-state index contributed by atoms with van der Waals surface area (Å²) >= 11 is 0. The second-order valence-electron chi connectivity index (χ2n) is 6.40. The Morgan fingerprint density at radius 2 is 1.05 bits per heavy atom. The van der Waals surface area contributed by atoms with Gasteiger partial charge < -0.3 is 0 Å². The van der Waals surface area contributed by atoms with E-state index in [1.807, 2.05) is 0 Å². The Kier molecular flexibility index (Phi) is 8.91. The maximum Gasteiger partial charge on any atom is 0.210 e. The Morgan fingerprint density at radius 1 is 0.579 bits per heavy atom. The van der Waals surface area contributed by atoms with Gasteiger partial charge in [-0.2, -0.15) is 10.6 Å². The van der Waals surface area contributed by atoms with Crippen molar-refractivity contribution >= 4 is 28.0 Å². The third-order valence-corrected chi connectivity index (χ3v) is 7.48. The zero-order chi connectivity index (χ0) is 13.2. The average molecular weight is 297 g/mol. The molecule has 109 valence electrons. The summed E-state index contributed by atoms with van der Waals surface area (Å²) in [6, 6.07) is 0. The maximum atomic E-state index is 2.59. The van der Waals surface area contributed by atoms with Crippen molar-refractivity contribution < 1.29 is 0 Å². The van der Waals surface area contributed by atoms with E-state index in [0.29, 0.717) is 0 Å². The van der Waals surface area contributed by atoms with Crippen molar-refractivity contribution in [3.8, 4) is 0 Å². The fourth-order valence-corrected chi connectivity index (χ4v) is 6.22. The van der Waals surface area contributed by atoms with Crippen molar-refractivity contribution in [1.29, 1.82) is 0 Å². The Morgan fingerprint density at radius 3 is 1.63 bits per heavy atom. The lowest BCUT2D eigenvalue weighted by molar-refractivity contribution is 0.503. The molecule has 0 atom stereocenters. The van der Waals surface area contributed by atoms with Crippen LogP contribution in [-0.4, -0.2) is 11.8 Å². The van der Waals surface area contributed by atoms with Gasteiger partial charge in [0.2, 0.25) is 6.56 Å². The molecule has 0 aromatic carbocycles. The highest BCUT2D eigenvalue weighted by molar-refractivity contribution is 8.85. The van der Waals surface area contributed by atoms with Crippen LogP contribution in [0.5, 0.6) is 0 Å². The fourth-order valence-electron chi connectivity index (χ4n) is 3.33. The second-order valence-corrected chi connectivity index (χ2v) is 8.88. The molecule has 0 aromatic rings. The number of hydrogen-bond donors (Lipinski definition) is 0. The Bertz CT molecular complexity index is 185. The number of hydrogen-bond acceptors (Lipinski definition) is 2. The summed E-state index contributed by atoms with van der Waals surface area (Å²) in [5.41, 5.74) is 0. The van der Waals surface area contributed by atoms with Gasteiger partial charge in [-0.05, 0) is 12.8 Å². The predicted molar refractivity (Wildman–Crippen MR) is 93.1 cm³/mol. The molecule has 0 amide bonds. The molecule has 2 fully saturated rings. The molecule has 0 spiro atoms. The van der Waals surface area contributed by atoms with Gasteiger partial charge in [0.05, 0.1) is 0 Å². The van der Waals surface area contributed by atoms with Crippen LogP contribution in [0.4, 0.5) is 0 Å². The summed E-state index contributed by atoms with van der Waals surface area (Å²) < 4.78 is 0. The first-order valence-electron chi connectivity index (χ1n) is 8.60. The Balaban J connectivity index is 1.58. The van der Waals surface area contributed by atoms with Gasteiger partial charge in [-0.3, -0.25) is 0 Å². The minimum atomic E-state index is 0.909. The number of rotatable bonds is 4. The smallest absolute Gasteiger partial charge is 0.153 e. The molecular formula is C16H30BS2. The quantitative estimate of drug-likeness (QED) is 0.422. The van der Waals surface area contributed by atoms with Gasteiger partial charge in [-0.15, -0.1) is 10.8 Å². The minimum Gasteiger partial charge on any atom is -0.153 e. The molecule has 2 aliphatic carbocycles. The molecule has 0 bridgehead atoms. The van der Waals surface area contributed by atoms with Gasteiger partial charge in [0, 0.05) is 5.25 Å². The minimum absolute atomic E-state index is 0.909. The van der Waals surface area contributed by atoms with E-state index >= 15 is 0 Å². The summed E-state index contributed by atoms with van der Waals surface area (Å²) in [6.07, 6.45) is 20.6. The van der Waals surface area contributed by atoms with E-state index in [0.717, 1.165) is 11.1 Å². The van der Waals surface area contributed by atoms with Crippen molar-refractivity contribution in [1.82, 2.24) is 0 Å². The van der Waals surface area contributed by atoms with Gasteiger partial charge >= 0.3 is 0 Å². The largest absolute Gasteiger partial charge is 0.210 e. The van der Waals surface area contributed by atoms with Crippen LogP contribution in [0.15, 0.2) is 0 Å². The van der Waals surface area contributed by atoms with Gasteiger partial charge in [0.1, 0.15) is 0 Å². The van der Waals surface area contributed by atoms with Gasteiger partial charge in [-0.25, -0.2) is 0 Å². The fraction of sp³-hybridized carbons (Fsp3) is 1.00. The highest BCUT2D eigenvalue weighted by Gasteiger charge is 2.16. The molecule has 2 aliphatic rings. The highest BCUT2D eigenvalue weighted by Crippen LogP contribution is 2.38. The standard InChI is InChI=1S/C16H30BS2/c1-3-7-11-15(12-8-4-1)17-19-18-16-13-9-5-2-6-10-14-16/h15-16H,1-14H2. The molecule has 0 saturated heterocycles. The van der Waals surface area contributed by atoms with Gasteiger partial charge in [0.25, 0.3) is 0 Å². The summed E-state index contributed by atoms with van der Waals surface area (Å²) in [7, 11) is 4.28. The van der Waals surface area contributed by atoms with Crippen LogP contribution in [-0.2, 0) is 0 Å². The van der Waals surface area contributed by atoms with Crippen LogP contribution in [0.1, 0.15) is 89.9 Å². The molecule has 0 unspecified atom stereocenters. The summed E-state index contributed by atoms with van der Waals surface area (Å²) in [6.45, 7) is 2.59. The summed E-state index contributed by atoms with van der Waals surface area (Å²) in [5.74, 6) is 0.909. The zero-order valence-electron chi connectivity index (χ0n) is 12.4. The van der Waals surface area contributed by atoms with Crippen LogP contribution >= 0.6 is 21.4 Å². The first-order chi connectivity index (χ1) is 9.45. The molecule has 1 radical (unpaired) electrons. The molecule has 0 nitrogen and oxygen atoms in total. The van der Waals surface area contributed by atoms with Crippen molar-refractivity contribution in [3.05, 3.63) is 0 Å². The normalized spacial score (nSPS) is 25.1. The lowest BCUT2D eigenvalue weighted by Gasteiger charge is -2.21. The molecule has 2 saturated carbocycles. The first-order valence-corrected chi connectivity index (χ1v) is 10.9. The zero-order valence-corrected chi connectivity index (χ0v) is 14.1. The van der Waals surface area contributed by atoms with Crippen LogP contribution in [0.3, 0.4) is 0 Å². The SMILES string of the molecule is [B](SSC1CCCCCCC1)C1CCCCCCC1. The molecule has 2 rings (SSSR count). The van der Waals surface area contributed by atoms with E-state index in [-0.39, 0.29) is 0 Å². The topological polar surface area (TPSA) is 0 Å². The molecule has 0 aliphatic heterocycles. The van der Waals surface area contributed by atoms with Crippen molar-refractivity contribution in [2.24, 2.45) is 0 Å². The third-order valence-electron chi connectivity index (χ3n) is 4.64. The van der Waals surface area contributed by atoms with Crippen LogP contribution in [0, 0.1) is 0 Å². The van der Waals surface area contributed by atoms with Crippen LogP contribution in [0.25, 0.3) is 0 Å². The highest BCUT2D eigenvalue weighted by atomic mass is 33.1. The maximum absolute atomic E-state index is 2.59. The molecular weight excluding hydrogens is 267 g/mol. The third kappa shape index (κ3) is 7.36. The van der Waals surface area contributed by atoms with E-state index in [1.165, 1.54) is 89.9 Å². The monoisotopic (exact) mass is 297 g/mol. The van der Waals surface area contributed by atoms with Gasteiger partial charge in [0.15, 0.2) is 0 Å². The molecule has 19 heavy (non-hydrogen) atoms. The molecule has 3 heteroatoms. The Hall–Kier alpha value is 0.765. The lowest BCUT2D eigenvalue weighted by atomic mass is 9.76. The van der Waals surface area contributed by atoms with E-state index in [1.54, 1.807) is 0 Å². The molecule has 0 N–H and O–H groups in total. The molecule has 0 aromatic heterocycles. The first kappa shape index (κ1) is 16.1. The molecule has 0 heterocycles. The van der Waals surface area contributed by atoms with Crippen molar-refractivity contribution in [2.75, 3.05) is 0 Å². The summed E-state index contributed by atoms with van der Waals surface area (Å²) in [4.78, 5) is 0. The average Bonchev–Trinajstić information content (AvgIpc) is 2.33. The van der Waals surface area contributed by atoms with Crippen molar-refractivity contribution in [3.63, 3.8) is 0 Å². The van der Waals surface area contributed by atoms with E-state index in [9.17, 15) is 0 Å². The van der Waals surface area contributed by atoms with Gasteiger partial charge in [-0.1, -0.05) is 82.9 Å². The lowest BCUT2D eigenvalue weighted by Crippen LogP contribution is -2.06. The summed E-state index contributed by atoms with van der Waals surface area (Å²) in [5, 5.41) is 0.940. The van der Waals surface area contributed by atoms with E-state index < -0.39 is 0 Å². The van der Waals surface area contributed by atoms with E-state index in [2.05, 4.69) is 28.0 Å². The van der Waals surface area contributed by atoms with E-state index in [4.69, 9.17) is 0 Å². The van der Waals surface area contributed by atoms with Crippen LogP contribution in [0.2, 0.25) is 5.82 Å².